The van der Waals surface area contributed by atoms with Crippen molar-refractivity contribution < 1.29 is 9.53 Å². The molecule has 2 heterocycles. The summed E-state index contributed by atoms with van der Waals surface area (Å²) < 4.78 is 5.35. The number of aromatic nitrogens is 1. The van der Waals surface area contributed by atoms with Crippen LogP contribution in [0.1, 0.15) is 22.6 Å². The average molecular weight is 306 g/mol. The lowest BCUT2D eigenvalue weighted by atomic mass is 10.0. The molecule has 0 radical (unpaired) electrons. The van der Waals surface area contributed by atoms with E-state index < -0.39 is 0 Å². The lowest BCUT2D eigenvalue weighted by Crippen LogP contribution is -2.53. The van der Waals surface area contributed by atoms with Crippen LogP contribution in [-0.4, -0.2) is 43.2 Å². The molecule has 1 saturated heterocycles. The molecule has 0 aromatic carbocycles. The van der Waals surface area contributed by atoms with Gasteiger partial charge in [0.15, 0.2) is 0 Å². The molecule has 0 saturated carbocycles. The largest absolute Gasteiger partial charge is 0.378 e. The van der Waals surface area contributed by atoms with Crippen molar-refractivity contribution >= 4 is 29.1 Å². The summed E-state index contributed by atoms with van der Waals surface area (Å²) in [5.41, 5.74) is 0.989. The third kappa shape index (κ3) is 3.05. The van der Waals surface area contributed by atoms with E-state index in [-0.39, 0.29) is 23.1 Å². The van der Waals surface area contributed by atoms with E-state index in [4.69, 9.17) is 27.9 Å². The van der Waals surface area contributed by atoms with Gasteiger partial charge in [0.1, 0.15) is 5.69 Å². The van der Waals surface area contributed by atoms with Gasteiger partial charge in [-0.1, -0.05) is 23.2 Å². The standard InChI is InChI=1S/C12H17Cl2N3O2/c1-6-9(13)10(14)11(16-6)12(18)17-7-3-4-15-5-8(7)19-2/h7-8,15-16H,3-5H2,1-2H3,(H,17,18)/t7-,8+/m0/s1. The number of nitrogens with one attached hydrogen (secondary N) is 3. The van der Waals surface area contributed by atoms with Crippen molar-refractivity contribution in [1.82, 2.24) is 15.6 Å². The van der Waals surface area contributed by atoms with Crippen LogP contribution < -0.4 is 10.6 Å². The maximum atomic E-state index is 12.2. The highest BCUT2D eigenvalue weighted by atomic mass is 35.5. The highest BCUT2D eigenvalue weighted by Crippen LogP contribution is 2.29. The highest BCUT2D eigenvalue weighted by molar-refractivity contribution is 6.44. The van der Waals surface area contributed by atoms with Gasteiger partial charge in [-0.05, 0) is 19.9 Å². The third-order valence-corrected chi connectivity index (χ3v) is 4.27. The van der Waals surface area contributed by atoms with E-state index in [1.807, 2.05) is 0 Å². The number of hydrogen-bond acceptors (Lipinski definition) is 3. The van der Waals surface area contributed by atoms with Gasteiger partial charge in [-0.2, -0.15) is 0 Å². The van der Waals surface area contributed by atoms with Gasteiger partial charge in [-0.25, -0.2) is 0 Å². The van der Waals surface area contributed by atoms with Gasteiger partial charge in [0.05, 0.1) is 22.2 Å². The van der Waals surface area contributed by atoms with E-state index in [0.29, 0.717) is 16.4 Å². The summed E-state index contributed by atoms with van der Waals surface area (Å²) in [5, 5.41) is 6.81. The van der Waals surface area contributed by atoms with Crippen LogP contribution in [0.15, 0.2) is 0 Å². The third-order valence-electron chi connectivity index (χ3n) is 3.33. The summed E-state index contributed by atoms with van der Waals surface area (Å²) in [6, 6.07) is -0.0304. The Bertz CT molecular complexity index is 476. The molecule has 0 spiro atoms. The Morgan fingerprint density at radius 1 is 1.42 bits per heavy atom. The lowest BCUT2D eigenvalue weighted by Gasteiger charge is -2.31. The Labute approximate surface area is 122 Å². The molecule has 3 N–H and O–H groups in total. The first-order chi connectivity index (χ1) is 9.04. The maximum Gasteiger partial charge on any atom is 0.269 e. The summed E-state index contributed by atoms with van der Waals surface area (Å²) in [7, 11) is 1.64. The molecule has 7 heteroatoms. The summed E-state index contributed by atoms with van der Waals surface area (Å²) >= 11 is 12.0. The number of aryl methyl sites for hydroxylation is 1. The second kappa shape index (κ2) is 6.13. The first-order valence-corrected chi connectivity index (χ1v) is 6.88. The minimum Gasteiger partial charge on any atom is -0.378 e. The summed E-state index contributed by atoms with van der Waals surface area (Å²) in [4.78, 5) is 15.1. The van der Waals surface area contributed by atoms with Crippen LogP contribution in [0.4, 0.5) is 0 Å². The SMILES string of the molecule is CO[C@@H]1CNCC[C@@H]1NC(=O)c1[nH]c(C)c(Cl)c1Cl. The maximum absolute atomic E-state index is 12.2. The Hall–Kier alpha value is -0.750. The molecule has 1 aromatic heterocycles. The average Bonchev–Trinajstić information content (AvgIpc) is 2.67. The van der Waals surface area contributed by atoms with E-state index in [1.54, 1.807) is 14.0 Å². The lowest BCUT2D eigenvalue weighted by molar-refractivity contribution is 0.0475. The van der Waals surface area contributed by atoms with Crippen LogP contribution in [0.3, 0.4) is 0 Å². The van der Waals surface area contributed by atoms with Crippen molar-refractivity contribution in [3.8, 4) is 0 Å². The van der Waals surface area contributed by atoms with Crippen LogP contribution in [0.25, 0.3) is 0 Å². The molecular weight excluding hydrogens is 289 g/mol. The molecule has 1 aliphatic rings. The van der Waals surface area contributed by atoms with Crippen molar-refractivity contribution in [3.63, 3.8) is 0 Å². The van der Waals surface area contributed by atoms with Crippen molar-refractivity contribution in [2.75, 3.05) is 20.2 Å². The minimum atomic E-state index is -0.256. The molecule has 5 nitrogen and oxygen atoms in total. The Kier molecular flexibility index (Phi) is 4.73. The van der Waals surface area contributed by atoms with Gasteiger partial charge >= 0.3 is 0 Å². The number of rotatable bonds is 3. The molecule has 0 unspecified atom stereocenters. The van der Waals surface area contributed by atoms with Gasteiger partial charge in [0.25, 0.3) is 5.91 Å². The summed E-state index contributed by atoms with van der Waals surface area (Å²) in [6.45, 7) is 3.34. The quantitative estimate of drug-likeness (QED) is 0.797. The van der Waals surface area contributed by atoms with E-state index in [9.17, 15) is 4.79 Å². The number of ether oxygens (including phenoxy) is 1. The number of hydrogen-bond donors (Lipinski definition) is 3. The zero-order valence-corrected chi connectivity index (χ0v) is 12.4. The zero-order valence-electron chi connectivity index (χ0n) is 10.8. The molecule has 106 valence electrons. The number of piperidine rings is 1. The van der Waals surface area contributed by atoms with E-state index >= 15 is 0 Å². The number of methoxy groups -OCH3 is 1. The normalized spacial score (nSPS) is 23.4. The fraction of sp³-hybridized carbons (Fsp3) is 0.583. The molecule has 19 heavy (non-hydrogen) atoms. The fourth-order valence-corrected chi connectivity index (χ4v) is 2.63. The number of amides is 1. The van der Waals surface area contributed by atoms with Crippen LogP contribution in [0.2, 0.25) is 10.0 Å². The first-order valence-electron chi connectivity index (χ1n) is 6.12. The number of carbonyl (C=O) groups excluding carboxylic acids is 1. The van der Waals surface area contributed by atoms with E-state index in [1.165, 1.54) is 0 Å². The van der Waals surface area contributed by atoms with Crippen LogP contribution >= 0.6 is 23.2 Å². The Morgan fingerprint density at radius 2 is 2.16 bits per heavy atom. The second-order valence-electron chi connectivity index (χ2n) is 4.60. The van der Waals surface area contributed by atoms with Gasteiger partial charge in [0, 0.05) is 19.3 Å². The van der Waals surface area contributed by atoms with Gasteiger partial charge in [-0.3, -0.25) is 4.79 Å². The number of halogens is 2. The highest BCUT2D eigenvalue weighted by Gasteiger charge is 2.28. The molecule has 1 aromatic rings. The predicted octanol–water partition coefficient (Wildman–Crippen LogP) is 1.74. The number of aromatic amines is 1. The zero-order chi connectivity index (χ0) is 14.0. The van der Waals surface area contributed by atoms with Crippen LogP contribution in [0.5, 0.6) is 0 Å². The van der Waals surface area contributed by atoms with Crippen molar-refractivity contribution in [2.45, 2.75) is 25.5 Å². The molecule has 0 aliphatic carbocycles. The smallest absolute Gasteiger partial charge is 0.269 e. The van der Waals surface area contributed by atoms with Crippen molar-refractivity contribution in [1.29, 1.82) is 0 Å². The fourth-order valence-electron chi connectivity index (χ4n) is 2.21. The van der Waals surface area contributed by atoms with Gasteiger partial charge < -0.3 is 20.4 Å². The Balaban J connectivity index is 2.09. The summed E-state index contributed by atoms with van der Waals surface area (Å²) in [6.07, 6.45) is 0.776. The topological polar surface area (TPSA) is 66.2 Å². The molecule has 2 atom stereocenters. The van der Waals surface area contributed by atoms with Crippen molar-refractivity contribution in [3.05, 3.63) is 21.4 Å². The molecule has 0 bridgehead atoms. The van der Waals surface area contributed by atoms with Crippen LogP contribution in [-0.2, 0) is 4.74 Å². The second-order valence-corrected chi connectivity index (χ2v) is 5.36. The summed E-state index contributed by atoms with van der Waals surface area (Å²) in [5.74, 6) is -0.256. The molecule has 1 fully saturated rings. The van der Waals surface area contributed by atoms with Crippen molar-refractivity contribution in [2.24, 2.45) is 0 Å². The number of H-pyrrole nitrogens is 1. The predicted molar refractivity (Wildman–Crippen MR) is 75.1 cm³/mol. The van der Waals surface area contributed by atoms with Gasteiger partial charge in [-0.15, -0.1) is 0 Å². The monoisotopic (exact) mass is 305 g/mol. The first kappa shape index (κ1) is 14.7. The molecule has 1 aliphatic heterocycles. The van der Waals surface area contributed by atoms with Crippen LogP contribution in [0, 0.1) is 6.92 Å². The molecular formula is C12H17Cl2N3O2. The molecule has 1 amide bonds. The van der Waals surface area contributed by atoms with E-state index in [2.05, 4.69) is 15.6 Å². The Morgan fingerprint density at radius 3 is 2.74 bits per heavy atom. The number of carbonyl (C=O) groups is 1. The molecule has 2 rings (SSSR count). The minimum absolute atomic E-state index is 0.0304. The van der Waals surface area contributed by atoms with Gasteiger partial charge in [0.2, 0.25) is 0 Å². The van der Waals surface area contributed by atoms with E-state index in [0.717, 1.165) is 19.5 Å².